The zero-order valence-corrected chi connectivity index (χ0v) is 9.37. The fourth-order valence-electron chi connectivity index (χ4n) is 1.79. The lowest BCUT2D eigenvalue weighted by molar-refractivity contribution is 1.66. The molecule has 3 aromatic rings. The van der Waals surface area contributed by atoms with Crippen LogP contribution in [0.25, 0.3) is 21.3 Å². The molecule has 0 unspecified atom stereocenters. The number of nitrogen functional groups attached to an aromatic ring is 1. The molecule has 0 aliphatic heterocycles. The highest BCUT2D eigenvalue weighted by atomic mass is 32.1. The first-order chi connectivity index (χ1) is 7.86. The molecule has 0 aliphatic carbocycles. The number of hydrogen-bond donors (Lipinski definition) is 1. The normalized spacial score (nSPS) is 10.8. The molecule has 0 atom stereocenters. The van der Waals surface area contributed by atoms with E-state index in [-0.39, 0.29) is 0 Å². The molecular weight excluding hydrogens is 216 g/mol. The van der Waals surface area contributed by atoms with Gasteiger partial charge in [0.15, 0.2) is 0 Å². The van der Waals surface area contributed by atoms with Gasteiger partial charge >= 0.3 is 0 Å². The highest BCUT2D eigenvalue weighted by Crippen LogP contribution is 2.35. The van der Waals surface area contributed by atoms with Crippen LogP contribution in [0, 0.1) is 0 Å². The van der Waals surface area contributed by atoms with Crippen molar-refractivity contribution >= 4 is 28.1 Å². The van der Waals surface area contributed by atoms with E-state index < -0.39 is 0 Å². The molecule has 16 heavy (non-hydrogen) atoms. The second-order valence-corrected chi connectivity index (χ2v) is 4.39. The van der Waals surface area contributed by atoms with Crippen molar-refractivity contribution < 1.29 is 0 Å². The Kier molecular flexibility index (Phi) is 2.11. The van der Waals surface area contributed by atoms with E-state index in [2.05, 4.69) is 10.4 Å². The number of nitrogens with two attached hydrogens (primary N) is 1. The van der Waals surface area contributed by atoms with Crippen LogP contribution in [-0.4, -0.2) is 4.37 Å². The third-order valence-electron chi connectivity index (χ3n) is 2.59. The monoisotopic (exact) mass is 226 g/mol. The van der Waals surface area contributed by atoms with Gasteiger partial charge in [0, 0.05) is 16.6 Å². The number of anilines is 1. The Morgan fingerprint density at radius 3 is 2.56 bits per heavy atom. The zero-order chi connectivity index (χ0) is 11.0. The van der Waals surface area contributed by atoms with E-state index in [9.17, 15) is 0 Å². The predicted octanol–water partition coefficient (Wildman–Crippen LogP) is 3.55. The van der Waals surface area contributed by atoms with Crippen LogP contribution in [0.1, 0.15) is 0 Å². The molecule has 0 bridgehead atoms. The standard InChI is InChI=1S/C13H10N2S/c14-11-7-3-1-5-9(11)13-10-6-2-4-8-12(10)15-16-13/h1-8H,14H2. The van der Waals surface area contributed by atoms with Crippen molar-refractivity contribution in [3.63, 3.8) is 0 Å². The smallest absolute Gasteiger partial charge is 0.0847 e. The average Bonchev–Trinajstić information content (AvgIpc) is 2.74. The maximum atomic E-state index is 5.98. The van der Waals surface area contributed by atoms with Crippen molar-refractivity contribution in [2.24, 2.45) is 0 Å². The number of fused-ring (bicyclic) bond motifs is 1. The summed E-state index contributed by atoms with van der Waals surface area (Å²) >= 11 is 1.50. The second-order valence-electron chi connectivity index (χ2n) is 3.62. The first-order valence-corrected chi connectivity index (χ1v) is 5.83. The lowest BCUT2D eigenvalue weighted by atomic mass is 10.1. The molecule has 0 spiro atoms. The summed E-state index contributed by atoms with van der Waals surface area (Å²) < 4.78 is 4.42. The van der Waals surface area contributed by atoms with E-state index in [1.165, 1.54) is 16.9 Å². The Morgan fingerprint density at radius 2 is 1.69 bits per heavy atom. The molecule has 0 fully saturated rings. The summed E-state index contributed by atoms with van der Waals surface area (Å²) in [5.74, 6) is 0. The molecule has 3 rings (SSSR count). The van der Waals surface area contributed by atoms with Crippen molar-refractivity contribution in [3.05, 3.63) is 48.5 Å². The summed E-state index contributed by atoms with van der Waals surface area (Å²) in [6.07, 6.45) is 0. The molecule has 1 heterocycles. The third kappa shape index (κ3) is 1.37. The van der Waals surface area contributed by atoms with Gasteiger partial charge in [0.1, 0.15) is 0 Å². The van der Waals surface area contributed by atoms with Crippen LogP contribution < -0.4 is 5.73 Å². The fraction of sp³-hybridized carbons (Fsp3) is 0. The first-order valence-electron chi connectivity index (χ1n) is 5.05. The van der Waals surface area contributed by atoms with Crippen LogP contribution in [0.2, 0.25) is 0 Å². The van der Waals surface area contributed by atoms with Gasteiger partial charge in [0.2, 0.25) is 0 Å². The van der Waals surface area contributed by atoms with E-state index in [1.807, 2.05) is 42.5 Å². The van der Waals surface area contributed by atoms with Crippen molar-refractivity contribution in [2.75, 3.05) is 5.73 Å². The van der Waals surface area contributed by atoms with Gasteiger partial charge in [-0.2, -0.15) is 4.37 Å². The van der Waals surface area contributed by atoms with Crippen LogP contribution >= 0.6 is 11.5 Å². The summed E-state index contributed by atoms with van der Waals surface area (Å²) in [4.78, 5) is 1.15. The molecule has 1 aromatic heterocycles. The largest absolute Gasteiger partial charge is 0.398 e. The Hall–Kier alpha value is -1.87. The van der Waals surface area contributed by atoms with Gasteiger partial charge in [-0.3, -0.25) is 0 Å². The van der Waals surface area contributed by atoms with E-state index in [1.54, 1.807) is 0 Å². The molecule has 3 heteroatoms. The Labute approximate surface area is 97.5 Å². The maximum absolute atomic E-state index is 5.98. The summed E-state index contributed by atoms with van der Waals surface area (Å²) in [6.45, 7) is 0. The molecule has 0 amide bonds. The van der Waals surface area contributed by atoms with Gasteiger partial charge in [0.05, 0.1) is 10.4 Å². The van der Waals surface area contributed by atoms with E-state index in [4.69, 9.17) is 5.73 Å². The van der Waals surface area contributed by atoms with Crippen molar-refractivity contribution in [3.8, 4) is 10.4 Å². The molecule has 2 N–H and O–H groups in total. The van der Waals surface area contributed by atoms with Crippen LogP contribution in [0.4, 0.5) is 5.69 Å². The van der Waals surface area contributed by atoms with Crippen molar-refractivity contribution in [1.82, 2.24) is 4.37 Å². The lowest BCUT2D eigenvalue weighted by Crippen LogP contribution is -1.87. The minimum absolute atomic E-state index is 0.803. The molecule has 0 saturated carbocycles. The highest BCUT2D eigenvalue weighted by Gasteiger charge is 2.09. The van der Waals surface area contributed by atoms with E-state index in [0.717, 1.165) is 21.6 Å². The number of para-hydroxylation sites is 1. The second kappa shape index (κ2) is 3.61. The molecule has 0 radical (unpaired) electrons. The third-order valence-corrected chi connectivity index (χ3v) is 3.50. The predicted molar refractivity (Wildman–Crippen MR) is 69.5 cm³/mol. The van der Waals surface area contributed by atoms with Gasteiger partial charge in [-0.1, -0.05) is 36.4 Å². The number of hydrogen-bond acceptors (Lipinski definition) is 3. The minimum Gasteiger partial charge on any atom is -0.398 e. The molecular formula is C13H10N2S. The van der Waals surface area contributed by atoms with E-state index >= 15 is 0 Å². The summed E-state index contributed by atoms with van der Waals surface area (Å²) in [6, 6.07) is 16.0. The summed E-state index contributed by atoms with van der Waals surface area (Å²) in [7, 11) is 0. The number of benzene rings is 2. The van der Waals surface area contributed by atoms with Crippen LogP contribution in [0.3, 0.4) is 0 Å². The topological polar surface area (TPSA) is 38.9 Å². The molecule has 78 valence electrons. The molecule has 0 aliphatic rings. The van der Waals surface area contributed by atoms with Gasteiger partial charge < -0.3 is 5.73 Å². The number of rotatable bonds is 1. The lowest BCUT2D eigenvalue weighted by Gasteiger charge is -2.02. The maximum Gasteiger partial charge on any atom is 0.0847 e. The Morgan fingerprint density at radius 1 is 0.938 bits per heavy atom. The number of nitrogens with zero attached hydrogens (tertiary/aromatic N) is 1. The summed E-state index contributed by atoms with van der Waals surface area (Å²) in [5.41, 5.74) is 8.89. The minimum atomic E-state index is 0.803. The summed E-state index contributed by atoms with van der Waals surface area (Å²) in [5, 5.41) is 1.17. The highest BCUT2D eigenvalue weighted by molar-refractivity contribution is 7.11. The van der Waals surface area contributed by atoms with E-state index in [0.29, 0.717) is 0 Å². The molecule has 2 nitrogen and oxygen atoms in total. The van der Waals surface area contributed by atoms with Crippen LogP contribution in [0.15, 0.2) is 48.5 Å². The van der Waals surface area contributed by atoms with Gasteiger partial charge in [-0.05, 0) is 23.7 Å². The fourth-order valence-corrected chi connectivity index (χ4v) is 2.69. The Balaban J connectivity index is 2.31. The van der Waals surface area contributed by atoms with Crippen LogP contribution in [-0.2, 0) is 0 Å². The van der Waals surface area contributed by atoms with Crippen molar-refractivity contribution in [1.29, 1.82) is 0 Å². The quantitative estimate of drug-likeness (QED) is 0.644. The molecule has 2 aromatic carbocycles. The molecule has 0 saturated heterocycles. The van der Waals surface area contributed by atoms with Gasteiger partial charge in [-0.15, -0.1) is 0 Å². The first kappa shape index (κ1) is 9.36. The van der Waals surface area contributed by atoms with Crippen molar-refractivity contribution in [2.45, 2.75) is 0 Å². The average molecular weight is 226 g/mol. The van der Waals surface area contributed by atoms with Gasteiger partial charge in [-0.25, -0.2) is 0 Å². The SMILES string of the molecule is Nc1ccccc1-c1snc2ccccc12. The number of aromatic nitrogens is 1. The zero-order valence-electron chi connectivity index (χ0n) is 8.55. The van der Waals surface area contributed by atoms with Crippen LogP contribution in [0.5, 0.6) is 0 Å². The van der Waals surface area contributed by atoms with Gasteiger partial charge in [0.25, 0.3) is 0 Å². The Bertz CT molecular complexity index is 643.